The molecule has 0 fully saturated rings. The summed E-state index contributed by atoms with van der Waals surface area (Å²) >= 11 is 9.08. The van der Waals surface area contributed by atoms with Crippen molar-refractivity contribution in [2.75, 3.05) is 5.32 Å². The molecule has 27 heavy (non-hydrogen) atoms. The monoisotopic (exact) mass is 410 g/mol. The molecule has 0 radical (unpaired) electrons. The molecule has 8 heteroatoms. The highest BCUT2D eigenvalue weighted by molar-refractivity contribution is 7.22. The van der Waals surface area contributed by atoms with E-state index in [1.807, 2.05) is 40.2 Å². The van der Waals surface area contributed by atoms with Gasteiger partial charge < -0.3 is 0 Å². The van der Waals surface area contributed by atoms with Crippen molar-refractivity contribution in [1.82, 2.24) is 14.4 Å². The van der Waals surface area contributed by atoms with Gasteiger partial charge in [-0.1, -0.05) is 53.3 Å². The van der Waals surface area contributed by atoms with Gasteiger partial charge in [0.1, 0.15) is 0 Å². The van der Waals surface area contributed by atoms with Gasteiger partial charge in [-0.2, -0.15) is 0 Å². The lowest BCUT2D eigenvalue weighted by molar-refractivity contribution is -0.111. The standard InChI is InChI=1S/C19H11ClN4OS2/c20-17-13(24-9-10-26-19(24)23-17)6-8-15(25)21-18-22-16-12-4-2-1-3-11(12)5-7-14(16)27-18/h1-10H,(H,21,22,25)/b8-6+. The number of nitrogens with zero attached hydrogens (tertiary/aromatic N) is 3. The Labute approximate surface area is 166 Å². The number of fused-ring (bicyclic) bond motifs is 4. The summed E-state index contributed by atoms with van der Waals surface area (Å²) in [6, 6.07) is 12.2. The molecule has 0 saturated heterocycles. The van der Waals surface area contributed by atoms with E-state index in [1.165, 1.54) is 28.7 Å². The lowest BCUT2D eigenvalue weighted by Gasteiger charge is -1.97. The molecule has 0 unspecified atom stereocenters. The van der Waals surface area contributed by atoms with E-state index < -0.39 is 0 Å². The van der Waals surface area contributed by atoms with Crippen LogP contribution in [0.3, 0.4) is 0 Å². The number of rotatable bonds is 3. The number of thiazole rings is 2. The number of carbonyl (C=O) groups excluding carboxylic acids is 1. The number of hydrogen-bond acceptors (Lipinski definition) is 5. The fourth-order valence-electron chi connectivity index (χ4n) is 2.94. The van der Waals surface area contributed by atoms with E-state index in [-0.39, 0.29) is 5.91 Å². The number of anilines is 1. The second-order valence-corrected chi connectivity index (χ2v) is 8.08. The van der Waals surface area contributed by atoms with Gasteiger partial charge in [0.25, 0.3) is 0 Å². The molecule has 0 saturated carbocycles. The summed E-state index contributed by atoms with van der Waals surface area (Å²) in [6.45, 7) is 0. The van der Waals surface area contributed by atoms with Gasteiger partial charge in [-0.25, -0.2) is 9.97 Å². The fraction of sp³-hybridized carbons (Fsp3) is 0. The van der Waals surface area contributed by atoms with Crippen molar-refractivity contribution in [3.63, 3.8) is 0 Å². The maximum Gasteiger partial charge on any atom is 0.250 e. The van der Waals surface area contributed by atoms with E-state index in [0.717, 1.165) is 25.9 Å². The van der Waals surface area contributed by atoms with Gasteiger partial charge in [-0.15, -0.1) is 11.3 Å². The van der Waals surface area contributed by atoms with Gasteiger partial charge in [-0.3, -0.25) is 14.5 Å². The van der Waals surface area contributed by atoms with Crippen molar-refractivity contribution in [1.29, 1.82) is 0 Å². The normalized spacial score (nSPS) is 11.9. The Morgan fingerprint density at radius 2 is 2.07 bits per heavy atom. The lowest BCUT2D eigenvalue weighted by atomic mass is 10.1. The molecule has 1 amide bonds. The van der Waals surface area contributed by atoms with Crippen molar-refractivity contribution in [3.8, 4) is 0 Å². The first-order chi connectivity index (χ1) is 13.2. The van der Waals surface area contributed by atoms with Crippen LogP contribution in [0.5, 0.6) is 0 Å². The minimum Gasteiger partial charge on any atom is -0.298 e. The molecule has 5 rings (SSSR count). The molecule has 1 N–H and O–H groups in total. The first-order valence-electron chi connectivity index (χ1n) is 8.07. The van der Waals surface area contributed by atoms with Crippen molar-refractivity contribution < 1.29 is 4.79 Å². The smallest absolute Gasteiger partial charge is 0.250 e. The summed E-state index contributed by atoms with van der Waals surface area (Å²) in [5.74, 6) is -0.264. The number of halogens is 1. The third-order valence-corrected chi connectivity index (χ3v) is 6.13. The molecule has 0 spiro atoms. The molecule has 3 aromatic heterocycles. The molecule has 0 aliphatic heterocycles. The van der Waals surface area contributed by atoms with E-state index in [4.69, 9.17) is 11.6 Å². The Morgan fingerprint density at radius 3 is 3.00 bits per heavy atom. The zero-order chi connectivity index (χ0) is 18.4. The third kappa shape index (κ3) is 2.90. The quantitative estimate of drug-likeness (QED) is 0.401. The van der Waals surface area contributed by atoms with E-state index in [9.17, 15) is 4.79 Å². The Kier molecular flexibility index (Phi) is 3.93. The number of benzene rings is 2. The van der Waals surface area contributed by atoms with Crippen molar-refractivity contribution in [2.24, 2.45) is 0 Å². The molecular formula is C19H11ClN4OS2. The molecule has 2 aromatic carbocycles. The second kappa shape index (κ2) is 6.45. The number of imidazole rings is 1. The van der Waals surface area contributed by atoms with Crippen LogP contribution in [0.1, 0.15) is 5.69 Å². The zero-order valence-electron chi connectivity index (χ0n) is 13.7. The van der Waals surface area contributed by atoms with Gasteiger partial charge in [0, 0.05) is 23.0 Å². The summed E-state index contributed by atoms with van der Waals surface area (Å²) < 4.78 is 2.88. The zero-order valence-corrected chi connectivity index (χ0v) is 16.1. The average molecular weight is 411 g/mol. The predicted octanol–water partition coefficient (Wildman–Crippen LogP) is 5.46. The minimum atomic E-state index is -0.264. The van der Waals surface area contributed by atoms with E-state index in [2.05, 4.69) is 27.4 Å². The fourth-order valence-corrected chi connectivity index (χ4v) is 4.83. The van der Waals surface area contributed by atoms with Gasteiger partial charge in [0.2, 0.25) is 5.91 Å². The van der Waals surface area contributed by atoms with E-state index >= 15 is 0 Å². The SMILES string of the molecule is O=C(/C=C/c1c(Cl)nc2sccn12)Nc1nc2c(ccc3ccccc32)s1. The highest BCUT2D eigenvalue weighted by Crippen LogP contribution is 2.31. The van der Waals surface area contributed by atoms with Crippen LogP contribution in [0.15, 0.2) is 54.1 Å². The number of amides is 1. The maximum atomic E-state index is 12.3. The summed E-state index contributed by atoms with van der Waals surface area (Å²) in [6.07, 6.45) is 4.97. The van der Waals surface area contributed by atoms with Gasteiger partial charge in [0.05, 0.1) is 15.9 Å². The lowest BCUT2D eigenvalue weighted by Crippen LogP contribution is -2.07. The summed E-state index contributed by atoms with van der Waals surface area (Å²) in [5.41, 5.74) is 1.58. The summed E-state index contributed by atoms with van der Waals surface area (Å²) in [7, 11) is 0. The molecule has 0 bridgehead atoms. The molecule has 132 valence electrons. The Morgan fingerprint density at radius 1 is 1.19 bits per heavy atom. The topological polar surface area (TPSA) is 59.3 Å². The molecule has 5 nitrogen and oxygen atoms in total. The van der Waals surface area contributed by atoms with Crippen LogP contribution in [0.25, 0.3) is 32.0 Å². The van der Waals surface area contributed by atoms with Crippen LogP contribution in [-0.2, 0) is 4.79 Å². The Hall–Kier alpha value is -2.74. The minimum absolute atomic E-state index is 0.264. The van der Waals surface area contributed by atoms with Gasteiger partial charge in [-0.05, 0) is 17.5 Å². The van der Waals surface area contributed by atoms with Crippen LogP contribution in [0.4, 0.5) is 5.13 Å². The van der Waals surface area contributed by atoms with Crippen LogP contribution < -0.4 is 5.32 Å². The van der Waals surface area contributed by atoms with Crippen LogP contribution in [-0.4, -0.2) is 20.3 Å². The first-order valence-corrected chi connectivity index (χ1v) is 10.1. The number of aromatic nitrogens is 3. The van der Waals surface area contributed by atoms with E-state index in [0.29, 0.717) is 16.0 Å². The predicted molar refractivity (Wildman–Crippen MR) is 113 cm³/mol. The van der Waals surface area contributed by atoms with Crippen LogP contribution in [0, 0.1) is 0 Å². The maximum absolute atomic E-state index is 12.3. The largest absolute Gasteiger partial charge is 0.298 e. The van der Waals surface area contributed by atoms with Crippen molar-refractivity contribution >= 4 is 77.3 Å². The highest BCUT2D eigenvalue weighted by Gasteiger charge is 2.11. The van der Waals surface area contributed by atoms with Crippen LogP contribution >= 0.6 is 34.3 Å². The van der Waals surface area contributed by atoms with Gasteiger partial charge >= 0.3 is 0 Å². The summed E-state index contributed by atoms with van der Waals surface area (Å²) in [4.78, 5) is 22.0. The van der Waals surface area contributed by atoms with E-state index in [1.54, 1.807) is 6.08 Å². The summed E-state index contributed by atoms with van der Waals surface area (Å²) in [5, 5.41) is 7.89. The number of hydrogen-bond donors (Lipinski definition) is 1. The van der Waals surface area contributed by atoms with Crippen molar-refractivity contribution in [2.45, 2.75) is 0 Å². The Bertz CT molecular complexity index is 1350. The van der Waals surface area contributed by atoms with Crippen molar-refractivity contribution in [3.05, 3.63) is 64.9 Å². The van der Waals surface area contributed by atoms with Gasteiger partial charge in [0.15, 0.2) is 15.2 Å². The van der Waals surface area contributed by atoms with Crippen LogP contribution in [0.2, 0.25) is 5.15 Å². The molecule has 0 atom stereocenters. The highest BCUT2D eigenvalue weighted by atomic mass is 35.5. The molecule has 3 heterocycles. The average Bonchev–Trinajstić information content (AvgIpc) is 3.34. The first kappa shape index (κ1) is 16.4. The molecule has 0 aliphatic rings. The number of carbonyl (C=O) groups is 1. The molecule has 5 aromatic rings. The molecular weight excluding hydrogens is 400 g/mol. The second-order valence-electron chi connectivity index (χ2n) is 5.82. The Balaban J connectivity index is 1.43. The third-order valence-electron chi connectivity index (χ3n) is 4.16. The molecule has 0 aliphatic carbocycles. The number of nitrogens with one attached hydrogen (secondary N) is 1.